The molecule has 0 radical (unpaired) electrons. The molecule has 0 aliphatic rings. The van der Waals surface area contributed by atoms with Crippen LogP contribution in [0.5, 0.6) is 0 Å². The second-order valence-electron chi connectivity index (χ2n) is 5.88. The zero-order valence-corrected chi connectivity index (χ0v) is 14.2. The zero-order valence-electron chi connectivity index (χ0n) is 14.2. The molecule has 0 atom stereocenters. The molecule has 0 bridgehead atoms. The zero-order chi connectivity index (χ0) is 15.9. The molecule has 0 N–H and O–H groups in total. The van der Waals surface area contributed by atoms with Crippen LogP contribution in [-0.2, 0) is 6.42 Å². The van der Waals surface area contributed by atoms with Gasteiger partial charge in [-0.2, -0.15) is 0 Å². The van der Waals surface area contributed by atoms with Crippen LogP contribution in [0.25, 0.3) is 32.3 Å². The van der Waals surface area contributed by atoms with Gasteiger partial charge >= 0.3 is 0 Å². The Morgan fingerprint density at radius 2 is 1.18 bits per heavy atom. The van der Waals surface area contributed by atoms with E-state index in [1.807, 2.05) is 13.8 Å². The van der Waals surface area contributed by atoms with Crippen molar-refractivity contribution in [2.24, 2.45) is 0 Å². The SMILES string of the molecule is CC.CCc1cc2ccc3c(C)cc(C)c4ccc(c1)c2c34. The lowest BCUT2D eigenvalue weighted by Crippen LogP contribution is -1.90. The van der Waals surface area contributed by atoms with Crippen molar-refractivity contribution in [2.75, 3.05) is 0 Å². The summed E-state index contributed by atoms with van der Waals surface area (Å²) in [5.41, 5.74) is 4.18. The van der Waals surface area contributed by atoms with Crippen molar-refractivity contribution in [3.63, 3.8) is 0 Å². The summed E-state index contributed by atoms with van der Waals surface area (Å²) >= 11 is 0. The van der Waals surface area contributed by atoms with E-state index in [-0.39, 0.29) is 0 Å². The van der Waals surface area contributed by atoms with Crippen LogP contribution in [0.3, 0.4) is 0 Å². The van der Waals surface area contributed by atoms with E-state index in [1.165, 1.54) is 49.0 Å². The lowest BCUT2D eigenvalue weighted by Gasteiger charge is -2.15. The van der Waals surface area contributed by atoms with Crippen molar-refractivity contribution in [1.82, 2.24) is 0 Å². The summed E-state index contributed by atoms with van der Waals surface area (Å²) in [7, 11) is 0. The van der Waals surface area contributed by atoms with Gasteiger partial charge in [0.15, 0.2) is 0 Å². The predicted molar refractivity (Wildman–Crippen MR) is 100 cm³/mol. The van der Waals surface area contributed by atoms with E-state index in [1.54, 1.807) is 0 Å². The Labute approximate surface area is 133 Å². The second kappa shape index (κ2) is 5.61. The molecular formula is C22H24. The van der Waals surface area contributed by atoms with Crippen LogP contribution in [0.2, 0.25) is 0 Å². The van der Waals surface area contributed by atoms with E-state index in [2.05, 4.69) is 63.2 Å². The molecule has 0 nitrogen and oxygen atoms in total. The average molecular weight is 288 g/mol. The van der Waals surface area contributed by atoms with E-state index in [0.717, 1.165) is 6.42 Å². The number of aryl methyl sites for hydroxylation is 3. The first-order valence-corrected chi connectivity index (χ1v) is 8.36. The van der Waals surface area contributed by atoms with Crippen molar-refractivity contribution >= 4 is 32.3 Å². The predicted octanol–water partition coefficient (Wildman–Crippen LogP) is 6.79. The van der Waals surface area contributed by atoms with Gasteiger partial charge < -0.3 is 0 Å². The van der Waals surface area contributed by atoms with E-state index in [9.17, 15) is 0 Å². The first-order chi connectivity index (χ1) is 10.7. The van der Waals surface area contributed by atoms with Crippen molar-refractivity contribution < 1.29 is 0 Å². The summed E-state index contributed by atoms with van der Waals surface area (Å²) in [6.07, 6.45) is 1.09. The highest BCUT2D eigenvalue weighted by Crippen LogP contribution is 2.37. The lowest BCUT2D eigenvalue weighted by molar-refractivity contribution is 1.15. The summed E-state index contributed by atoms with van der Waals surface area (Å²) in [6.45, 7) is 10.7. The molecular weight excluding hydrogens is 264 g/mol. The molecule has 4 aromatic rings. The van der Waals surface area contributed by atoms with Gasteiger partial charge in [0.05, 0.1) is 0 Å². The smallest absolute Gasteiger partial charge is 0.00215 e. The van der Waals surface area contributed by atoms with Crippen LogP contribution < -0.4 is 0 Å². The van der Waals surface area contributed by atoms with Crippen LogP contribution in [0.15, 0.2) is 42.5 Å². The fraction of sp³-hybridized carbons (Fsp3) is 0.273. The van der Waals surface area contributed by atoms with E-state index in [0.29, 0.717) is 0 Å². The molecule has 0 aliphatic heterocycles. The van der Waals surface area contributed by atoms with Crippen molar-refractivity contribution in [2.45, 2.75) is 41.0 Å². The largest absolute Gasteiger partial charge is 0.0683 e. The average Bonchev–Trinajstić information content (AvgIpc) is 2.56. The highest BCUT2D eigenvalue weighted by atomic mass is 14.1. The monoisotopic (exact) mass is 288 g/mol. The van der Waals surface area contributed by atoms with Crippen LogP contribution >= 0.6 is 0 Å². The minimum absolute atomic E-state index is 1.09. The maximum absolute atomic E-state index is 2.35. The molecule has 4 aromatic carbocycles. The number of hydrogen-bond donors (Lipinski definition) is 0. The molecule has 0 aliphatic carbocycles. The summed E-state index contributed by atoms with van der Waals surface area (Å²) < 4.78 is 0. The molecule has 0 saturated heterocycles. The Balaban J connectivity index is 0.000000693. The molecule has 0 heteroatoms. The molecule has 22 heavy (non-hydrogen) atoms. The fourth-order valence-electron chi connectivity index (χ4n) is 3.57. The Kier molecular flexibility index (Phi) is 3.78. The Hall–Kier alpha value is -2.08. The normalized spacial score (nSPS) is 11.1. The second-order valence-corrected chi connectivity index (χ2v) is 5.88. The molecule has 0 saturated carbocycles. The molecule has 0 unspecified atom stereocenters. The standard InChI is InChI=1S/C20H18.C2H6/c1-4-14-10-15-5-7-17-12(2)9-13(3)18-8-6-16(11-14)19(15)20(17)18;1-2/h5-11H,4H2,1-3H3;1-2H3. The first kappa shape index (κ1) is 14.8. The van der Waals surface area contributed by atoms with Gasteiger partial charge in [-0.05, 0) is 69.3 Å². The Morgan fingerprint density at radius 3 is 1.64 bits per heavy atom. The number of hydrogen-bond acceptors (Lipinski definition) is 0. The lowest BCUT2D eigenvalue weighted by atomic mass is 9.89. The van der Waals surface area contributed by atoms with E-state index in [4.69, 9.17) is 0 Å². The number of rotatable bonds is 1. The molecule has 0 spiro atoms. The third-order valence-electron chi connectivity index (χ3n) is 4.60. The highest BCUT2D eigenvalue weighted by Gasteiger charge is 2.11. The highest BCUT2D eigenvalue weighted by molar-refractivity contribution is 6.24. The molecule has 0 heterocycles. The van der Waals surface area contributed by atoms with Gasteiger partial charge in [-0.25, -0.2) is 0 Å². The summed E-state index contributed by atoms with van der Waals surface area (Å²) in [4.78, 5) is 0. The maximum Gasteiger partial charge on any atom is -0.00215 e. The molecule has 4 rings (SSSR count). The topological polar surface area (TPSA) is 0 Å². The summed E-state index contributed by atoms with van der Waals surface area (Å²) in [6, 6.07) is 16.1. The molecule has 0 fully saturated rings. The van der Waals surface area contributed by atoms with Gasteiger partial charge in [-0.3, -0.25) is 0 Å². The first-order valence-electron chi connectivity index (χ1n) is 8.36. The molecule has 112 valence electrons. The molecule has 0 amide bonds. The minimum Gasteiger partial charge on any atom is -0.0683 e. The van der Waals surface area contributed by atoms with Gasteiger partial charge in [0.1, 0.15) is 0 Å². The van der Waals surface area contributed by atoms with Gasteiger partial charge in [-0.1, -0.05) is 63.2 Å². The van der Waals surface area contributed by atoms with Gasteiger partial charge in [-0.15, -0.1) is 0 Å². The van der Waals surface area contributed by atoms with Gasteiger partial charge in [0.2, 0.25) is 0 Å². The maximum atomic E-state index is 2.35. The van der Waals surface area contributed by atoms with E-state index < -0.39 is 0 Å². The third kappa shape index (κ3) is 2.06. The quantitative estimate of drug-likeness (QED) is 0.338. The van der Waals surface area contributed by atoms with Gasteiger partial charge in [0.25, 0.3) is 0 Å². The molecule has 0 aromatic heterocycles. The summed E-state index contributed by atoms with van der Waals surface area (Å²) in [5, 5.41) is 8.43. The Morgan fingerprint density at radius 1 is 0.682 bits per heavy atom. The van der Waals surface area contributed by atoms with Crippen molar-refractivity contribution in [3.05, 3.63) is 59.2 Å². The van der Waals surface area contributed by atoms with Crippen LogP contribution in [0.1, 0.15) is 37.5 Å². The van der Waals surface area contributed by atoms with Gasteiger partial charge in [0, 0.05) is 0 Å². The fourth-order valence-corrected chi connectivity index (χ4v) is 3.57. The van der Waals surface area contributed by atoms with Crippen LogP contribution in [0, 0.1) is 13.8 Å². The van der Waals surface area contributed by atoms with Crippen LogP contribution in [0.4, 0.5) is 0 Å². The Bertz CT molecular complexity index is 875. The third-order valence-corrected chi connectivity index (χ3v) is 4.60. The van der Waals surface area contributed by atoms with Crippen molar-refractivity contribution in [1.29, 1.82) is 0 Å². The summed E-state index contributed by atoms with van der Waals surface area (Å²) in [5.74, 6) is 0. The van der Waals surface area contributed by atoms with Crippen LogP contribution in [-0.4, -0.2) is 0 Å². The minimum atomic E-state index is 1.09. The van der Waals surface area contributed by atoms with E-state index >= 15 is 0 Å². The number of benzene rings is 4. The van der Waals surface area contributed by atoms with Crippen molar-refractivity contribution in [3.8, 4) is 0 Å².